The summed E-state index contributed by atoms with van der Waals surface area (Å²) in [5.41, 5.74) is 0. The van der Waals surface area contributed by atoms with E-state index in [0.717, 1.165) is 5.75 Å². The molecule has 0 aromatic rings. The lowest BCUT2D eigenvalue weighted by Crippen LogP contribution is -2.36. The lowest BCUT2D eigenvalue weighted by Gasteiger charge is -2.21. The SMILES string of the molecule is C=CCSCCN1CCCNC(C)C1. The zero-order valence-corrected chi connectivity index (χ0v) is 9.98. The van der Waals surface area contributed by atoms with Gasteiger partial charge in [0.25, 0.3) is 0 Å². The summed E-state index contributed by atoms with van der Waals surface area (Å²) in [5.74, 6) is 2.32. The monoisotopic (exact) mass is 214 g/mol. The van der Waals surface area contributed by atoms with Gasteiger partial charge in [-0.15, -0.1) is 6.58 Å². The smallest absolute Gasteiger partial charge is 0.0166 e. The second-order valence-electron chi connectivity index (χ2n) is 3.87. The summed E-state index contributed by atoms with van der Waals surface area (Å²) in [4.78, 5) is 2.57. The summed E-state index contributed by atoms with van der Waals surface area (Å²) >= 11 is 1.97. The van der Waals surface area contributed by atoms with Gasteiger partial charge < -0.3 is 10.2 Å². The summed E-state index contributed by atoms with van der Waals surface area (Å²) in [5, 5.41) is 3.51. The summed E-state index contributed by atoms with van der Waals surface area (Å²) in [6.07, 6.45) is 3.27. The van der Waals surface area contributed by atoms with E-state index >= 15 is 0 Å². The maximum absolute atomic E-state index is 3.73. The summed E-state index contributed by atoms with van der Waals surface area (Å²) in [6, 6.07) is 0.655. The fourth-order valence-corrected chi connectivity index (χ4v) is 2.48. The fourth-order valence-electron chi connectivity index (χ4n) is 1.76. The van der Waals surface area contributed by atoms with Gasteiger partial charge in [0.15, 0.2) is 0 Å². The van der Waals surface area contributed by atoms with Crippen molar-refractivity contribution in [1.29, 1.82) is 0 Å². The molecule has 0 aliphatic carbocycles. The van der Waals surface area contributed by atoms with Gasteiger partial charge in [0.1, 0.15) is 0 Å². The minimum Gasteiger partial charge on any atom is -0.313 e. The number of nitrogens with zero attached hydrogens (tertiary/aromatic N) is 1. The van der Waals surface area contributed by atoms with Crippen LogP contribution in [-0.4, -0.2) is 48.6 Å². The first kappa shape index (κ1) is 12.1. The molecule has 82 valence electrons. The van der Waals surface area contributed by atoms with Gasteiger partial charge in [0, 0.05) is 30.6 Å². The highest BCUT2D eigenvalue weighted by molar-refractivity contribution is 7.99. The molecule has 2 nitrogen and oxygen atoms in total. The minimum absolute atomic E-state index is 0.655. The van der Waals surface area contributed by atoms with Crippen LogP contribution in [0.2, 0.25) is 0 Å². The van der Waals surface area contributed by atoms with Crippen molar-refractivity contribution >= 4 is 11.8 Å². The molecular formula is C11H22N2S. The van der Waals surface area contributed by atoms with Crippen LogP contribution >= 0.6 is 11.8 Å². The predicted octanol–water partition coefficient (Wildman–Crippen LogP) is 1.59. The van der Waals surface area contributed by atoms with Crippen LogP contribution in [0.3, 0.4) is 0 Å². The molecule has 0 radical (unpaired) electrons. The zero-order chi connectivity index (χ0) is 10.2. The van der Waals surface area contributed by atoms with Crippen molar-refractivity contribution in [3.8, 4) is 0 Å². The van der Waals surface area contributed by atoms with E-state index in [-0.39, 0.29) is 0 Å². The van der Waals surface area contributed by atoms with Crippen molar-refractivity contribution < 1.29 is 0 Å². The van der Waals surface area contributed by atoms with Crippen LogP contribution < -0.4 is 5.32 Å². The largest absolute Gasteiger partial charge is 0.313 e. The molecule has 1 rings (SSSR count). The van der Waals surface area contributed by atoms with E-state index < -0.39 is 0 Å². The Hall–Kier alpha value is 0.01000. The first-order valence-corrected chi connectivity index (χ1v) is 6.63. The van der Waals surface area contributed by atoms with Crippen LogP contribution in [0.1, 0.15) is 13.3 Å². The molecule has 1 N–H and O–H groups in total. The highest BCUT2D eigenvalue weighted by Crippen LogP contribution is 2.04. The third-order valence-electron chi connectivity index (χ3n) is 2.46. The number of hydrogen-bond donors (Lipinski definition) is 1. The molecule has 0 aromatic carbocycles. The van der Waals surface area contributed by atoms with Crippen LogP contribution in [-0.2, 0) is 0 Å². The topological polar surface area (TPSA) is 15.3 Å². The molecule has 1 aliphatic heterocycles. The highest BCUT2D eigenvalue weighted by atomic mass is 32.2. The Morgan fingerprint density at radius 3 is 3.29 bits per heavy atom. The lowest BCUT2D eigenvalue weighted by atomic mass is 10.3. The van der Waals surface area contributed by atoms with Crippen LogP contribution in [0, 0.1) is 0 Å². The average Bonchev–Trinajstić information content (AvgIpc) is 2.38. The molecule has 1 unspecified atom stereocenters. The minimum atomic E-state index is 0.655. The second kappa shape index (κ2) is 7.32. The van der Waals surface area contributed by atoms with Crippen molar-refractivity contribution in [2.75, 3.05) is 37.7 Å². The molecule has 0 spiro atoms. The summed E-state index contributed by atoms with van der Waals surface area (Å²) in [6.45, 7) is 10.9. The number of rotatable bonds is 5. The molecule has 1 heterocycles. The van der Waals surface area contributed by atoms with Gasteiger partial charge in [-0.3, -0.25) is 0 Å². The Labute approximate surface area is 92.1 Å². The Morgan fingerprint density at radius 1 is 1.64 bits per heavy atom. The van der Waals surface area contributed by atoms with Crippen LogP contribution in [0.15, 0.2) is 12.7 Å². The lowest BCUT2D eigenvalue weighted by molar-refractivity contribution is 0.289. The van der Waals surface area contributed by atoms with E-state index in [1.165, 1.54) is 38.4 Å². The normalized spacial score (nSPS) is 24.5. The molecule has 1 atom stereocenters. The third kappa shape index (κ3) is 5.03. The number of hydrogen-bond acceptors (Lipinski definition) is 3. The van der Waals surface area contributed by atoms with E-state index in [4.69, 9.17) is 0 Å². The Morgan fingerprint density at radius 2 is 2.50 bits per heavy atom. The molecule has 1 fully saturated rings. The van der Waals surface area contributed by atoms with Crippen molar-refractivity contribution in [2.24, 2.45) is 0 Å². The molecule has 3 heteroatoms. The van der Waals surface area contributed by atoms with E-state index in [0.29, 0.717) is 6.04 Å². The van der Waals surface area contributed by atoms with Crippen molar-refractivity contribution in [3.63, 3.8) is 0 Å². The highest BCUT2D eigenvalue weighted by Gasteiger charge is 2.12. The summed E-state index contributed by atoms with van der Waals surface area (Å²) in [7, 11) is 0. The van der Waals surface area contributed by atoms with Gasteiger partial charge in [-0.2, -0.15) is 11.8 Å². The number of thioether (sulfide) groups is 1. The van der Waals surface area contributed by atoms with E-state index in [2.05, 4.69) is 23.7 Å². The Balaban J connectivity index is 2.11. The first-order chi connectivity index (χ1) is 6.83. The molecule has 1 aliphatic rings. The summed E-state index contributed by atoms with van der Waals surface area (Å²) < 4.78 is 0. The zero-order valence-electron chi connectivity index (χ0n) is 9.17. The number of nitrogens with one attached hydrogen (secondary N) is 1. The maximum atomic E-state index is 3.73. The van der Waals surface area contributed by atoms with Gasteiger partial charge in [-0.05, 0) is 26.4 Å². The molecule has 0 amide bonds. The van der Waals surface area contributed by atoms with E-state index in [1.54, 1.807) is 0 Å². The van der Waals surface area contributed by atoms with E-state index in [9.17, 15) is 0 Å². The second-order valence-corrected chi connectivity index (χ2v) is 5.02. The predicted molar refractivity (Wildman–Crippen MR) is 66.0 cm³/mol. The quantitative estimate of drug-likeness (QED) is 0.553. The fraction of sp³-hybridized carbons (Fsp3) is 0.818. The molecule has 14 heavy (non-hydrogen) atoms. The molecule has 1 saturated heterocycles. The Bertz CT molecular complexity index is 161. The average molecular weight is 214 g/mol. The Kier molecular flexibility index (Phi) is 6.32. The van der Waals surface area contributed by atoms with Crippen molar-refractivity contribution in [3.05, 3.63) is 12.7 Å². The maximum Gasteiger partial charge on any atom is 0.0166 e. The van der Waals surface area contributed by atoms with Gasteiger partial charge >= 0.3 is 0 Å². The first-order valence-electron chi connectivity index (χ1n) is 5.47. The van der Waals surface area contributed by atoms with Crippen LogP contribution in [0.25, 0.3) is 0 Å². The van der Waals surface area contributed by atoms with Gasteiger partial charge in [0.2, 0.25) is 0 Å². The third-order valence-corrected chi connectivity index (χ3v) is 3.41. The van der Waals surface area contributed by atoms with Crippen LogP contribution in [0.5, 0.6) is 0 Å². The molecular weight excluding hydrogens is 192 g/mol. The van der Waals surface area contributed by atoms with Gasteiger partial charge in [-0.25, -0.2) is 0 Å². The standard InChI is InChI=1S/C11H22N2S/c1-3-8-14-9-7-13-6-4-5-12-11(2)10-13/h3,11-12H,1,4-10H2,2H3. The molecule has 0 aromatic heterocycles. The van der Waals surface area contributed by atoms with Gasteiger partial charge in [-0.1, -0.05) is 6.08 Å². The molecule has 0 saturated carbocycles. The molecule has 0 bridgehead atoms. The van der Waals surface area contributed by atoms with Crippen LogP contribution in [0.4, 0.5) is 0 Å². The van der Waals surface area contributed by atoms with Gasteiger partial charge in [0.05, 0.1) is 0 Å². The van der Waals surface area contributed by atoms with Crippen molar-refractivity contribution in [2.45, 2.75) is 19.4 Å². The van der Waals surface area contributed by atoms with Crippen molar-refractivity contribution in [1.82, 2.24) is 10.2 Å². The van der Waals surface area contributed by atoms with E-state index in [1.807, 2.05) is 17.8 Å².